The van der Waals surface area contributed by atoms with Gasteiger partial charge in [0.05, 0.1) is 6.04 Å². The molecule has 0 saturated heterocycles. The van der Waals surface area contributed by atoms with Crippen molar-refractivity contribution >= 4 is 11.3 Å². The molecule has 0 spiro atoms. The van der Waals surface area contributed by atoms with E-state index in [1.165, 1.54) is 10.4 Å². The van der Waals surface area contributed by atoms with Crippen LogP contribution in [-0.2, 0) is 0 Å². The number of nitrogens with one attached hydrogen (secondary N) is 1. The molecule has 0 aliphatic rings. The van der Waals surface area contributed by atoms with Gasteiger partial charge in [-0.25, -0.2) is 0 Å². The molecule has 0 aromatic carbocycles. The molecule has 1 heterocycles. The molecule has 1 N–H and O–H groups in total. The highest BCUT2D eigenvalue weighted by atomic mass is 32.1. The van der Waals surface area contributed by atoms with E-state index in [-0.39, 0.29) is 6.04 Å². The van der Waals surface area contributed by atoms with Crippen LogP contribution in [0.2, 0.25) is 0 Å². The summed E-state index contributed by atoms with van der Waals surface area (Å²) in [7, 11) is 0. The normalized spacial score (nSPS) is 13.1. The fourth-order valence-electron chi connectivity index (χ4n) is 1.08. The zero-order valence-electron chi connectivity index (χ0n) is 8.08. The Morgan fingerprint density at radius 1 is 1.62 bits per heavy atom. The molecule has 0 fully saturated rings. The molecule has 1 atom stereocenters. The first-order valence-electron chi connectivity index (χ1n) is 4.32. The summed E-state index contributed by atoms with van der Waals surface area (Å²) in [5, 5.41) is 5.42. The lowest BCUT2D eigenvalue weighted by Gasteiger charge is -2.09. The fraction of sp³-hybridized carbons (Fsp3) is 0.273. The Morgan fingerprint density at radius 2 is 2.38 bits per heavy atom. The van der Waals surface area contributed by atoms with Gasteiger partial charge in [-0.2, -0.15) is 0 Å². The molecule has 0 amide bonds. The molecule has 0 aliphatic heterocycles. The van der Waals surface area contributed by atoms with Gasteiger partial charge in [-0.1, -0.05) is 12.2 Å². The van der Waals surface area contributed by atoms with Crippen LogP contribution in [0.3, 0.4) is 0 Å². The molecule has 1 unspecified atom stereocenters. The maximum atomic E-state index is 3.81. The van der Waals surface area contributed by atoms with Crippen molar-refractivity contribution in [3.63, 3.8) is 0 Å². The molecule has 0 bridgehead atoms. The predicted octanol–water partition coefficient (Wildman–Crippen LogP) is 3.41. The molecular formula is C11H15NS. The number of hydrogen-bond acceptors (Lipinski definition) is 2. The van der Waals surface area contributed by atoms with Gasteiger partial charge in [-0.3, -0.25) is 0 Å². The zero-order valence-corrected chi connectivity index (χ0v) is 8.90. The second-order valence-electron chi connectivity index (χ2n) is 2.91. The van der Waals surface area contributed by atoms with Crippen LogP contribution in [0.4, 0.5) is 0 Å². The smallest absolute Gasteiger partial charge is 0.0783 e. The third-order valence-electron chi connectivity index (χ3n) is 1.74. The molecule has 0 saturated carbocycles. The largest absolute Gasteiger partial charge is 0.380 e. The van der Waals surface area contributed by atoms with Crippen LogP contribution < -0.4 is 5.32 Å². The van der Waals surface area contributed by atoms with E-state index in [0.29, 0.717) is 0 Å². The maximum Gasteiger partial charge on any atom is 0.0783 e. The number of rotatable bonds is 4. The van der Waals surface area contributed by atoms with Crippen LogP contribution in [0, 0.1) is 6.92 Å². The summed E-state index contributed by atoms with van der Waals surface area (Å²) in [4.78, 5) is 1.31. The van der Waals surface area contributed by atoms with Gasteiger partial charge in [-0.15, -0.1) is 17.9 Å². The summed E-state index contributed by atoms with van der Waals surface area (Å²) < 4.78 is 0. The monoisotopic (exact) mass is 193 g/mol. The third kappa shape index (κ3) is 2.74. The van der Waals surface area contributed by atoms with Crippen molar-refractivity contribution in [3.05, 3.63) is 46.8 Å². The van der Waals surface area contributed by atoms with Gasteiger partial charge in [-0.05, 0) is 37.1 Å². The molecular weight excluding hydrogens is 178 g/mol. The van der Waals surface area contributed by atoms with Crippen LogP contribution in [-0.4, -0.2) is 0 Å². The lowest BCUT2D eigenvalue weighted by Crippen LogP contribution is -2.10. The standard InChI is InChI=1S/C11H15NS/c1-4-6-12-10(5-2)11-7-9(3)8-13-11/h4-8,10,12H,2H2,1,3H3/b6-4-. The van der Waals surface area contributed by atoms with E-state index < -0.39 is 0 Å². The second-order valence-corrected chi connectivity index (χ2v) is 3.85. The van der Waals surface area contributed by atoms with Gasteiger partial charge in [0.2, 0.25) is 0 Å². The van der Waals surface area contributed by atoms with Crippen molar-refractivity contribution in [2.24, 2.45) is 0 Å². The Kier molecular flexibility index (Phi) is 3.77. The first kappa shape index (κ1) is 10.1. The average molecular weight is 193 g/mol. The van der Waals surface area contributed by atoms with Gasteiger partial charge in [0.15, 0.2) is 0 Å². The molecule has 1 nitrogen and oxygen atoms in total. The van der Waals surface area contributed by atoms with Crippen LogP contribution in [0.25, 0.3) is 0 Å². The van der Waals surface area contributed by atoms with E-state index in [2.05, 4.69) is 30.3 Å². The Bertz CT molecular complexity index is 299. The maximum absolute atomic E-state index is 3.81. The molecule has 1 aromatic heterocycles. The van der Waals surface area contributed by atoms with Crippen LogP contribution in [0.15, 0.2) is 36.4 Å². The Morgan fingerprint density at radius 3 is 2.85 bits per heavy atom. The van der Waals surface area contributed by atoms with Gasteiger partial charge >= 0.3 is 0 Å². The van der Waals surface area contributed by atoms with E-state index in [9.17, 15) is 0 Å². The quantitative estimate of drug-likeness (QED) is 0.723. The number of aryl methyl sites for hydroxylation is 1. The van der Waals surface area contributed by atoms with Crippen molar-refractivity contribution in [1.82, 2.24) is 5.32 Å². The van der Waals surface area contributed by atoms with E-state index in [1.807, 2.05) is 25.3 Å². The van der Waals surface area contributed by atoms with E-state index in [1.54, 1.807) is 11.3 Å². The third-order valence-corrected chi connectivity index (χ3v) is 2.87. The van der Waals surface area contributed by atoms with E-state index in [4.69, 9.17) is 0 Å². The Hall–Kier alpha value is -1.02. The number of allylic oxidation sites excluding steroid dienone is 1. The Balaban J connectivity index is 2.72. The first-order chi connectivity index (χ1) is 6.27. The summed E-state index contributed by atoms with van der Waals surface area (Å²) in [5.74, 6) is 0. The SMILES string of the molecule is C=CC(N/C=C\C)c1cc(C)cs1. The minimum absolute atomic E-state index is 0.245. The fourth-order valence-corrected chi connectivity index (χ4v) is 2.04. The van der Waals surface area contributed by atoms with Gasteiger partial charge in [0, 0.05) is 4.88 Å². The van der Waals surface area contributed by atoms with Gasteiger partial charge in [0.1, 0.15) is 0 Å². The summed E-state index contributed by atoms with van der Waals surface area (Å²) in [6.07, 6.45) is 5.85. The highest BCUT2D eigenvalue weighted by Crippen LogP contribution is 2.22. The predicted molar refractivity (Wildman–Crippen MR) is 59.9 cm³/mol. The first-order valence-corrected chi connectivity index (χ1v) is 5.20. The summed E-state index contributed by atoms with van der Waals surface area (Å²) in [6, 6.07) is 2.43. The Labute approximate surface area is 83.8 Å². The molecule has 1 rings (SSSR count). The van der Waals surface area contributed by atoms with E-state index in [0.717, 1.165) is 0 Å². The summed E-state index contributed by atoms with van der Waals surface area (Å²) in [5.41, 5.74) is 1.31. The highest BCUT2D eigenvalue weighted by Gasteiger charge is 2.06. The number of hydrogen-bond donors (Lipinski definition) is 1. The zero-order chi connectivity index (χ0) is 9.68. The molecule has 2 heteroatoms. The molecule has 70 valence electrons. The van der Waals surface area contributed by atoms with Crippen LogP contribution in [0.1, 0.15) is 23.4 Å². The molecule has 13 heavy (non-hydrogen) atoms. The minimum atomic E-state index is 0.245. The topological polar surface area (TPSA) is 12.0 Å². The minimum Gasteiger partial charge on any atom is -0.380 e. The van der Waals surface area contributed by atoms with Gasteiger partial charge in [0.25, 0.3) is 0 Å². The van der Waals surface area contributed by atoms with Crippen molar-refractivity contribution in [2.75, 3.05) is 0 Å². The van der Waals surface area contributed by atoms with E-state index >= 15 is 0 Å². The second kappa shape index (κ2) is 4.87. The lowest BCUT2D eigenvalue weighted by molar-refractivity contribution is 0.770. The molecule has 0 aliphatic carbocycles. The molecule has 1 aromatic rings. The van der Waals surface area contributed by atoms with Crippen LogP contribution >= 0.6 is 11.3 Å². The van der Waals surface area contributed by atoms with Crippen molar-refractivity contribution in [3.8, 4) is 0 Å². The molecule has 0 radical (unpaired) electrons. The summed E-state index contributed by atoms with van der Waals surface area (Å²) >= 11 is 1.77. The van der Waals surface area contributed by atoms with Gasteiger partial charge < -0.3 is 5.32 Å². The summed E-state index contributed by atoms with van der Waals surface area (Å²) in [6.45, 7) is 7.91. The van der Waals surface area contributed by atoms with Crippen molar-refractivity contribution in [2.45, 2.75) is 19.9 Å². The van der Waals surface area contributed by atoms with Crippen molar-refractivity contribution in [1.29, 1.82) is 0 Å². The average Bonchev–Trinajstić information content (AvgIpc) is 2.54. The van der Waals surface area contributed by atoms with Crippen LogP contribution in [0.5, 0.6) is 0 Å². The highest BCUT2D eigenvalue weighted by molar-refractivity contribution is 7.10. The lowest BCUT2D eigenvalue weighted by atomic mass is 10.2. The van der Waals surface area contributed by atoms with Crippen molar-refractivity contribution < 1.29 is 0 Å². The number of thiophene rings is 1.